The first-order valence-corrected chi connectivity index (χ1v) is 5.82. The van der Waals surface area contributed by atoms with E-state index in [1.54, 1.807) is 20.8 Å². The molecule has 2 atom stereocenters. The number of alkyl carbamates (subject to hydrolysis) is 1. The number of rotatable bonds is 2. The Hall–Kier alpha value is -1.99. The number of aliphatic carboxylic acids is 1. The lowest BCUT2D eigenvalue weighted by molar-refractivity contribution is -0.141. The van der Waals surface area contributed by atoms with Gasteiger partial charge in [-0.1, -0.05) is 0 Å². The third-order valence-electron chi connectivity index (χ3n) is 2.55. The minimum atomic E-state index is -1.32. The van der Waals surface area contributed by atoms with Crippen LogP contribution in [0.1, 0.15) is 27.2 Å². The van der Waals surface area contributed by atoms with E-state index in [2.05, 4.69) is 5.32 Å². The molecule has 108 valence electrons. The number of carbonyl (C=O) groups is 3. The Bertz CT molecular complexity index is 367. The van der Waals surface area contributed by atoms with Gasteiger partial charge < -0.3 is 20.3 Å². The van der Waals surface area contributed by atoms with Crippen LogP contribution in [0, 0.1) is 0 Å². The lowest BCUT2D eigenvalue weighted by Gasteiger charge is -2.21. The summed E-state index contributed by atoms with van der Waals surface area (Å²) in [5.74, 6) is -1.23. The summed E-state index contributed by atoms with van der Waals surface area (Å²) in [5, 5.41) is 20.3. The average molecular weight is 274 g/mol. The topological polar surface area (TPSA) is 116 Å². The maximum Gasteiger partial charge on any atom is 0.408 e. The molecular weight excluding hydrogens is 256 g/mol. The highest BCUT2D eigenvalue weighted by Crippen LogP contribution is 2.19. The second-order valence-corrected chi connectivity index (χ2v) is 5.37. The summed E-state index contributed by atoms with van der Waals surface area (Å²) >= 11 is 0. The second kappa shape index (κ2) is 5.33. The molecule has 0 aromatic heterocycles. The quantitative estimate of drug-likeness (QED) is 0.683. The van der Waals surface area contributed by atoms with E-state index < -0.39 is 35.8 Å². The fourth-order valence-corrected chi connectivity index (χ4v) is 1.86. The number of hydrogen-bond acceptors (Lipinski definition) is 4. The first kappa shape index (κ1) is 15.1. The minimum absolute atomic E-state index is 0.0286. The Labute approximate surface area is 110 Å². The Kier molecular flexibility index (Phi) is 4.23. The third kappa shape index (κ3) is 4.31. The molecule has 0 aromatic carbocycles. The number of likely N-dealkylation sites (tertiary alicyclic amines) is 1. The van der Waals surface area contributed by atoms with Crippen LogP contribution in [0.25, 0.3) is 0 Å². The van der Waals surface area contributed by atoms with Gasteiger partial charge in [-0.2, -0.15) is 0 Å². The summed E-state index contributed by atoms with van der Waals surface area (Å²) in [6.07, 6.45) is -1.98. The minimum Gasteiger partial charge on any atom is -0.480 e. The molecule has 1 saturated heterocycles. The van der Waals surface area contributed by atoms with Crippen molar-refractivity contribution in [3.63, 3.8) is 0 Å². The Morgan fingerprint density at radius 2 is 1.84 bits per heavy atom. The summed E-state index contributed by atoms with van der Waals surface area (Å²) in [7, 11) is 0. The van der Waals surface area contributed by atoms with E-state index in [9.17, 15) is 14.4 Å². The monoisotopic (exact) mass is 274 g/mol. The molecule has 0 radical (unpaired) electrons. The van der Waals surface area contributed by atoms with Gasteiger partial charge in [0.15, 0.2) is 0 Å². The van der Waals surface area contributed by atoms with Crippen LogP contribution in [0.3, 0.4) is 0 Å². The van der Waals surface area contributed by atoms with E-state index in [4.69, 9.17) is 14.9 Å². The molecule has 1 aliphatic rings. The molecule has 1 aliphatic heterocycles. The van der Waals surface area contributed by atoms with Crippen LogP contribution in [-0.4, -0.2) is 57.5 Å². The molecular formula is C11H18N2O6. The van der Waals surface area contributed by atoms with Gasteiger partial charge in [-0.05, 0) is 20.8 Å². The van der Waals surface area contributed by atoms with Crippen molar-refractivity contribution in [3.8, 4) is 0 Å². The lowest BCUT2D eigenvalue weighted by Crippen LogP contribution is -2.41. The summed E-state index contributed by atoms with van der Waals surface area (Å²) < 4.78 is 5.03. The van der Waals surface area contributed by atoms with Gasteiger partial charge >= 0.3 is 18.2 Å². The molecule has 0 aliphatic carbocycles. The maximum absolute atomic E-state index is 11.5. The predicted molar refractivity (Wildman–Crippen MR) is 63.9 cm³/mol. The molecule has 8 heteroatoms. The first-order valence-electron chi connectivity index (χ1n) is 5.82. The number of nitrogens with one attached hydrogen (secondary N) is 1. The van der Waals surface area contributed by atoms with E-state index in [-0.39, 0.29) is 13.0 Å². The van der Waals surface area contributed by atoms with E-state index in [1.165, 1.54) is 0 Å². The fourth-order valence-electron chi connectivity index (χ4n) is 1.86. The summed E-state index contributed by atoms with van der Waals surface area (Å²) in [5.41, 5.74) is -0.665. The molecule has 1 fully saturated rings. The van der Waals surface area contributed by atoms with Gasteiger partial charge in [-0.3, -0.25) is 4.90 Å². The maximum atomic E-state index is 11.5. The molecule has 0 saturated carbocycles. The van der Waals surface area contributed by atoms with Gasteiger partial charge in [0.1, 0.15) is 11.6 Å². The van der Waals surface area contributed by atoms with Gasteiger partial charge in [0.05, 0.1) is 6.04 Å². The van der Waals surface area contributed by atoms with Crippen LogP contribution in [0.4, 0.5) is 9.59 Å². The third-order valence-corrected chi connectivity index (χ3v) is 2.55. The molecule has 19 heavy (non-hydrogen) atoms. The van der Waals surface area contributed by atoms with Crippen molar-refractivity contribution in [1.29, 1.82) is 0 Å². The predicted octanol–water partition coefficient (Wildman–Crippen LogP) is 0.717. The van der Waals surface area contributed by atoms with E-state index in [0.717, 1.165) is 4.90 Å². The van der Waals surface area contributed by atoms with Crippen LogP contribution in [0.15, 0.2) is 0 Å². The van der Waals surface area contributed by atoms with Crippen LogP contribution in [-0.2, 0) is 9.53 Å². The summed E-state index contributed by atoms with van der Waals surface area (Å²) in [4.78, 5) is 34.1. The number of hydrogen-bond donors (Lipinski definition) is 3. The number of amides is 2. The normalized spacial score (nSPS) is 23.0. The van der Waals surface area contributed by atoms with Gasteiger partial charge in [0.2, 0.25) is 0 Å². The van der Waals surface area contributed by atoms with Crippen LogP contribution < -0.4 is 5.32 Å². The van der Waals surface area contributed by atoms with E-state index >= 15 is 0 Å². The fraction of sp³-hybridized carbons (Fsp3) is 0.727. The SMILES string of the molecule is CC(C)(C)OC(=O)N[C@@H]1C[C@H](C(=O)O)N(C(=O)O)C1. The van der Waals surface area contributed by atoms with Gasteiger partial charge in [-0.25, -0.2) is 14.4 Å². The molecule has 2 amide bonds. The highest BCUT2D eigenvalue weighted by atomic mass is 16.6. The van der Waals surface area contributed by atoms with Crippen molar-refractivity contribution < 1.29 is 29.3 Å². The highest BCUT2D eigenvalue weighted by Gasteiger charge is 2.40. The van der Waals surface area contributed by atoms with Crippen molar-refractivity contribution in [2.75, 3.05) is 6.54 Å². The number of carbonyl (C=O) groups excluding carboxylic acids is 1. The smallest absolute Gasteiger partial charge is 0.408 e. The zero-order chi connectivity index (χ0) is 14.8. The first-order chi connectivity index (χ1) is 8.60. The summed E-state index contributed by atoms with van der Waals surface area (Å²) in [6.45, 7) is 5.03. The van der Waals surface area contributed by atoms with Gasteiger partial charge in [-0.15, -0.1) is 0 Å². The molecule has 0 spiro atoms. The Morgan fingerprint density at radius 1 is 1.26 bits per heavy atom. The van der Waals surface area contributed by atoms with Crippen LogP contribution in [0.5, 0.6) is 0 Å². The van der Waals surface area contributed by atoms with Crippen molar-refractivity contribution in [2.45, 2.75) is 44.9 Å². The van der Waals surface area contributed by atoms with Gasteiger partial charge in [0.25, 0.3) is 0 Å². The zero-order valence-corrected chi connectivity index (χ0v) is 11.0. The van der Waals surface area contributed by atoms with Gasteiger partial charge in [0, 0.05) is 13.0 Å². The average Bonchev–Trinajstić information content (AvgIpc) is 2.58. The van der Waals surface area contributed by atoms with Crippen molar-refractivity contribution >= 4 is 18.2 Å². The molecule has 0 bridgehead atoms. The molecule has 3 N–H and O–H groups in total. The lowest BCUT2D eigenvalue weighted by atomic mass is 10.2. The standard InChI is InChI=1S/C11H18N2O6/c1-11(2,3)19-9(16)12-6-4-7(8(14)15)13(5-6)10(17)18/h6-7H,4-5H2,1-3H3,(H,12,16)(H,14,15)(H,17,18)/t6-,7-/m1/s1. The molecule has 0 aromatic rings. The number of carboxylic acids is 1. The second-order valence-electron chi connectivity index (χ2n) is 5.37. The molecule has 1 rings (SSSR count). The number of ether oxygens (including phenoxy) is 1. The van der Waals surface area contributed by atoms with Crippen LogP contribution >= 0.6 is 0 Å². The van der Waals surface area contributed by atoms with Crippen LogP contribution in [0.2, 0.25) is 0 Å². The molecule has 0 unspecified atom stereocenters. The largest absolute Gasteiger partial charge is 0.480 e. The molecule has 8 nitrogen and oxygen atoms in total. The number of carboxylic acid groups (broad SMARTS) is 2. The van der Waals surface area contributed by atoms with E-state index in [1.807, 2.05) is 0 Å². The number of nitrogens with zero attached hydrogens (tertiary/aromatic N) is 1. The zero-order valence-electron chi connectivity index (χ0n) is 11.0. The van der Waals surface area contributed by atoms with E-state index in [0.29, 0.717) is 0 Å². The van der Waals surface area contributed by atoms with Crippen molar-refractivity contribution in [3.05, 3.63) is 0 Å². The van der Waals surface area contributed by atoms with Crippen molar-refractivity contribution in [2.24, 2.45) is 0 Å². The molecule has 1 heterocycles. The highest BCUT2D eigenvalue weighted by molar-refractivity contribution is 5.80. The Balaban J connectivity index is 2.61. The Morgan fingerprint density at radius 3 is 2.21 bits per heavy atom. The summed E-state index contributed by atoms with van der Waals surface area (Å²) in [6, 6.07) is -1.70. The van der Waals surface area contributed by atoms with Crippen molar-refractivity contribution in [1.82, 2.24) is 10.2 Å².